The zero-order chi connectivity index (χ0) is 12.3. The molecule has 5 heteroatoms. The van der Waals surface area contributed by atoms with Crippen molar-refractivity contribution in [3.8, 4) is 0 Å². The topological polar surface area (TPSA) is 78.9 Å². The van der Waals surface area contributed by atoms with Gasteiger partial charge in [-0.15, -0.1) is 0 Å². The Kier molecular flexibility index (Phi) is 3.56. The summed E-state index contributed by atoms with van der Waals surface area (Å²) in [5.74, 6) is 1.63. The number of rotatable bonds is 3. The molecule has 92 valence electrons. The summed E-state index contributed by atoms with van der Waals surface area (Å²) in [6.45, 7) is 4.34. The maximum atomic E-state index is 7.27. The summed E-state index contributed by atoms with van der Waals surface area (Å²) >= 11 is 0. The van der Waals surface area contributed by atoms with Gasteiger partial charge in [-0.1, -0.05) is 13.3 Å². The molecule has 1 fully saturated rings. The van der Waals surface area contributed by atoms with E-state index in [1.807, 2.05) is 0 Å². The Morgan fingerprint density at radius 3 is 2.94 bits per heavy atom. The lowest BCUT2D eigenvalue weighted by Crippen LogP contribution is -2.35. The van der Waals surface area contributed by atoms with Crippen molar-refractivity contribution >= 4 is 11.7 Å². The molecule has 0 bridgehead atoms. The first-order valence-corrected chi connectivity index (χ1v) is 6.12. The van der Waals surface area contributed by atoms with Crippen LogP contribution in [0.1, 0.15) is 31.9 Å². The van der Waals surface area contributed by atoms with E-state index < -0.39 is 0 Å². The third kappa shape index (κ3) is 2.72. The van der Waals surface area contributed by atoms with Crippen molar-refractivity contribution in [2.75, 3.05) is 18.0 Å². The van der Waals surface area contributed by atoms with E-state index in [1.54, 1.807) is 12.4 Å². The molecular weight excluding hydrogens is 214 g/mol. The number of nitrogens with two attached hydrogens (primary N) is 1. The fourth-order valence-corrected chi connectivity index (χ4v) is 2.23. The SMILES string of the molecule is CCC1CCCN(c2cnc(C(=N)N)cn2)C1. The minimum atomic E-state index is -0.0332. The number of hydrogen-bond acceptors (Lipinski definition) is 4. The first-order valence-electron chi connectivity index (χ1n) is 6.12. The van der Waals surface area contributed by atoms with Crippen molar-refractivity contribution < 1.29 is 0 Å². The molecule has 0 aromatic carbocycles. The van der Waals surface area contributed by atoms with Crippen LogP contribution >= 0.6 is 0 Å². The number of nitrogen functional groups attached to an aromatic ring is 1. The molecule has 1 aromatic heterocycles. The lowest BCUT2D eigenvalue weighted by Gasteiger charge is -2.32. The predicted octanol–water partition coefficient (Wildman–Crippen LogP) is 1.39. The summed E-state index contributed by atoms with van der Waals surface area (Å²) in [6.07, 6.45) is 7.04. The summed E-state index contributed by atoms with van der Waals surface area (Å²) in [5.41, 5.74) is 5.80. The van der Waals surface area contributed by atoms with Crippen molar-refractivity contribution in [3.05, 3.63) is 18.1 Å². The third-order valence-electron chi connectivity index (χ3n) is 3.33. The van der Waals surface area contributed by atoms with E-state index in [0.29, 0.717) is 5.69 Å². The second-order valence-electron chi connectivity index (χ2n) is 4.54. The molecule has 1 saturated heterocycles. The zero-order valence-electron chi connectivity index (χ0n) is 10.2. The van der Waals surface area contributed by atoms with Crippen molar-refractivity contribution in [1.82, 2.24) is 9.97 Å². The first kappa shape index (κ1) is 11.8. The van der Waals surface area contributed by atoms with Gasteiger partial charge in [0, 0.05) is 13.1 Å². The number of anilines is 1. The Morgan fingerprint density at radius 2 is 2.35 bits per heavy atom. The average Bonchev–Trinajstić information content (AvgIpc) is 2.39. The Hall–Kier alpha value is -1.65. The van der Waals surface area contributed by atoms with Crippen LogP contribution < -0.4 is 10.6 Å². The molecule has 1 aromatic rings. The van der Waals surface area contributed by atoms with Crippen LogP contribution in [0.15, 0.2) is 12.4 Å². The van der Waals surface area contributed by atoms with E-state index in [9.17, 15) is 0 Å². The lowest BCUT2D eigenvalue weighted by molar-refractivity contribution is 0.403. The minimum Gasteiger partial charge on any atom is -0.382 e. The van der Waals surface area contributed by atoms with E-state index >= 15 is 0 Å². The fourth-order valence-electron chi connectivity index (χ4n) is 2.23. The summed E-state index contributed by atoms with van der Waals surface area (Å²) in [5, 5.41) is 7.27. The van der Waals surface area contributed by atoms with Gasteiger partial charge in [0.1, 0.15) is 17.3 Å². The molecule has 0 aliphatic carbocycles. The van der Waals surface area contributed by atoms with Crippen molar-refractivity contribution in [3.63, 3.8) is 0 Å². The molecule has 0 spiro atoms. The number of nitrogens with one attached hydrogen (secondary N) is 1. The van der Waals surface area contributed by atoms with Crippen LogP contribution in [0.5, 0.6) is 0 Å². The van der Waals surface area contributed by atoms with E-state index in [4.69, 9.17) is 11.1 Å². The maximum absolute atomic E-state index is 7.27. The predicted molar refractivity (Wildman–Crippen MR) is 68.3 cm³/mol. The van der Waals surface area contributed by atoms with E-state index in [0.717, 1.165) is 24.8 Å². The number of amidine groups is 1. The Labute approximate surface area is 102 Å². The van der Waals surface area contributed by atoms with Gasteiger partial charge in [-0.2, -0.15) is 0 Å². The molecule has 1 unspecified atom stereocenters. The molecule has 0 saturated carbocycles. The van der Waals surface area contributed by atoms with E-state index in [1.165, 1.54) is 19.3 Å². The average molecular weight is 233 g/mol. The number of nitrogens with zero attached hydrogens (tertiary/aromatic N) is 3. The molecule has 1 aliphatic heterocycles. The lowest BCUT2D eigenvalue weighted by atomic mass is 9.96. The van der Waals surface area contributed by atoms with Crippen LogP contribution in [0, 0.1) is 11.3 Å². The van der Waals surface area contributed by atoms with Crippen molar-refractivity contribution in [2.24, 2.45) is 11.7 Å². The number of aromatic nitrogens is 2. The monoisotopic (exact) mass is 233 g/mol. The highest BCUT2D eigenvalue weighted by Crippen LogP contribution is 2.22. The smallest absolute Gasteiger partial charge is 0.147 e. The molecule has 2 rings (SSSR count). The van der Waals surface area contributed by atoms with Gasteiger partial charge in [0.2, 0.25) is 0 Å². The van der Waals surface area contributed by atoms with Crippen LogP contribution in [0.3, 0.4) is 0 Å². The van der Waals surface area contributed by atoms with Crippen LogP contribution in [0.25, 0.3) is 0 Å². The van der Waals surface area contributed by atoms with Gasteiger partial charge in [0.25, 0.3) is 0 Å². The molecule has 5 nitrogen and oxygen atoms in total. The van der Waals surface area contributed by atoms with Crippen LogP contribution in [0.4, 0.5) is 5.82 Å². The van der Waals surface area contributed by atoms with Gasteiger partial charge in [0.05, 0.1) is 12.4 Å². The molecule has 1 aliphatic rings. The second kappa shape index (κ2) is 5.12. The first-order chi connectivity index (χ1) is 8.20. The van der Waals surface area contributed by atoms with E-state index in [2.05, 4.69) is 21.8 Å². The zero-order valence-corrected chi connectivity index (χ0v) is 10.2. The summed E-state index contributed by atoms with van der Waals surface area (Å²) in [6, 6.07) is 0. The Balaban J connectivity index is 2.08. The largest absolute Gasteiger partial charge is 0.382 e. The summed E-state index contributed by atoms with van der Waals surface area (Å²) in [4.78, 5) is 10.8. The number of hydrogen-bond donors (Lipinski definition) is 2. The van der Waals surface area contributed by atoms with Gasteiger partial charge in [0.15, 0.2) is 0 Å². The molecule has 0 radical (unpaired) electrons. The molecule has 2 heterocycles. The van der Waals surface area contributed by atoms with Crippen LogP contribution in [-0.4, -0.2) is 28.9 Å². The van der Waals surface area contributed by atoms with Crippen LogP contribution in [0.2, 0.25) is 0 Å². The Morgan fingerprint density at radius 1 is 1.53 bits per heavy atom. The molecule has 0 amide bonds. The molecular formula is C12H19N5. The van der Waals surface area contributed by atoms with Crippen molar-refractivity contribution in [1.29, 1.82) is 5.41 Å². The molecule has 17 heavy (non-hydrogen) atoms. The normalized spacial score (nSPS) is 20.3. The molecule has 1 atom stereocenters. The number of piperidine rings is 1. The standard InChI is InChI=1S/C12H19N5/c1-2-9-4-3-5-17(8-9)11-7-15-10(6-16-11)12(13)14/h6-7,9H,2-5,8H2,1H3,(H3,13,14). The third-order valence-corrected chi connectivity index (χ3v) is 3.33. The van der Waals surface area contributed by atoms with E-state index in [-0.39, 0.29) is 5.84 Å². The van der Waals surface area contributed by atoms with Crippen molar-refractivity contribution in [2.45, 2.75) is 26.2 Å². The van der Waals surface area contributed by atoms with Gasteiger partial charge < -0.3 is 10.6 Å². The highest BCUT2D eigenvalue weighted by molar-refractivity contribution is 5.92. The maximum Gasteiger partial charge on any atom is 0.147 e. The van der Waals surface area contributed by atoms with Gasteiger partial charge in [-0.05, 0) is 18.8 Å². The van der Waals surface area contributed by atoms with Gasteiger partial charge in [-0.25, -0.2) is 9.97 Å². The minimum absolute atomic E-state index is 0.0332. The quantitative estimate of drug-likeness (QED) is 0.610. The fraction of sp³-hybridized carbons (Fsp3) is 0.583. The van der Waals surface area contributed by atoms with Crippen LogP contribution in [-0.2, 0) is 0 Å². The highest BCUT2D eigenvalue weighted by atomic mass is 15.2. The summed E-state index contributed by atoms with van der Waals surface area (Å²) in [7, 11) is 0. The van der Waals surface area contributed by atoms with Gasteiger partial charge in [-0.3, -0.25) is 5.41 Å². The highest BCUT2D eigenvalue weighted by Gasteiger charge is 2.19. The summed E-state index contributed by atoms with van der Waals surface area (Å²) < 4.78 is 0. The Bertz CT molecular complexity index is 386. The second-order valence-corrected chi connectivity index (χ2v) is 4.54. The molecule has 3 N–H and O–H groups in total. The van der Waals surface area contributed by atoms with Gasteiger partial charge >= 0.3 is 0 Å².